The number of carbonyl (C=O) groups is 3. The number of nitrogens with zero attached hydrogens (tertiary/aromatic N) is 1. The van der Waals surface area contributed by atoms with Crippen LogP contribution in [-0.4, -0.2) is 47.7 Å². The fraction of sp³-hybridized carbons (Fsp3) is 0.348. The highest BCUT2D eigenvalue weighted by molar-refractivity contribution is 14.1. The highest BCUT2D eigenvalue weighted by Crippen LogP contribution is 2.30. The number of carbonyl (C=O) groups excluding carboxylic acids is 3. The molecule has 1 aliphatic carbocycles. The average molecular weight is 682 g/mol. The summed E-state index contributed by atoms with van der Waals surface area (Å²) >= 11 is 1.94. The molecule has 1 fully saturated rings. The van der Waals surface area contributed by atoms with E-state index in [4.69, 9.17) is 9.47 Å². The third-order valence-electron chi connectivity index (χ3n) is 5.64. The molecule has 2 aromatic rings. The van der Waals surface area contributed by atoms with E-state index >= 15 is 0 Å². The number of rotatable bonds is 9. The van der Waals surface area contributed by atoms with Crippen LogP contribution in [0.4, 0.5) is 14.5 Å². The van der Waals surface area contributed by atoms with Gasteiger partial charge in [-0.15, -0.1) is 0 Å². The van der Waals surface area contributed by atoms with E-state index in [0.29, 0.717) is 22.5 Å². The van der Waals surface area contributed by atoms with Gasteiger partial charge in [0.1, 0.15) is 22.6 Å². The molecule has 0 N–H and O–H groups in total. The summed E-state index contributed by atoms with van der Waals surface area (Å²) in [4.78, 5) is 48.0. The number of hydrogen-bond donors (Lipinski definition) is 0. The van der Waals surface area contributed by atoms with Crippen LogP contribution in [-0.2, 0) is 19.6 Å². The van der Waals surface area contributed by atoms with Gasteiger partial charge in [-0.25, -0.2) is 18.0 Å². The molecule has 0 aromatic heterocycles. The van der Waals surface area contributed by atoms with Crippen LogP contribution in [0, 0.1) is 19.6 Å². The molecule has 0 amide bonds. The van der Waals surface area contributed by atoms with Crippen LogP contribution in [0.15, 0.2) is 36.4 Å². The van der Waals surface area contributed by atoms with Gasteiger partial charge in [0.2, 0.25) is 0 Å². The lowest BCUT2D eigenvalue weighted by molar-refractivity contribution is -0.385. The molecule has 0 heterocycles. The van der Waals surface area contributed by atoms with E-state index in [1.54, 1.807) is 0 Å². The molecule has 0 bridgehead atoms. The van der Waals surface area contributed by atoms with Crippen LogP contribution < -0.4 is 9.47 Å². The minimum atomic E-state index is -6.18. The van der Waals surface area contributed by atoms with Crippen LogP contribution in [0.25, 0.3) is 0 Å². The van der Waals surface area contributed by atoms with E-state index in [9.17, 15) is 46.2 Å². The summed E-state index contributed by atoms with van der Waals surface area (Å²) in [5.74, 6) is -4.24. The van der Waals surface area contributed by atoms with Crippen molar-refractivity contribution in [2.75, 3.05) is 6.61 Å². The highest BCUT2D eigenvalue weighted by Gasteiger charge is 2.40. The lowest BCUT2D eigenvalue weighted by Crippen LogP contribution is -2.34. The third-order valence-corrected chi connectivity index (χ3v) is 7.17. The zero-order valence-electron chi connectivity index (χ0n) is 19.8. The molecule has 0 radical (unpaired) electrons. The van der Waals surface area contributed by atoms with Crippen molar-refractivity contribution in [1.82, 2.24) is 0 Å². The Hall–Kier alpha value is -3.25. The zero-order valence-corrected chi connectivity index (χ0v) is 22.7. The van der Waals surface area contributed by atoms with Crippen LogP contribution in [0.2, 0.25) is 0 Å². The lowest BCUT2D eigenvalue weighted by atomic mass is 9.89. The molecule has 39 heavy (non-hydrogen) atoms. The summed E-state index contributed by atoms with van der Waals surface area (Å²) in [7, 11) is -6.18. The number of esters is 3. The Morgan fingerprint density at radius 2 is 1.67 bits per heavy atom. The van der Waals surface area contributed by atoms with Crippen molar-refractivity contribution in [2.24, 2.45) is 5.92 Å². The molecule has 3 rings (SSSR count). The van der Waals surface area contributed by atoms with Gasteiger partial charge in [-0.2, -0.15) is 8.78 Å². The monoisotopic (exact) mass is 682 g/mol. The first-order valence-corrected chi connectivity index (χ1v) is 13.7. The molecule has 1 aliphatic rings. The average Bonchev–Trinajstić information content (AvgIpc) is 2.87. The molecule has 2 aromatic carbocycles. The summed E-state index contributed by atoms with van der Waals surface area (Å²) < 4.78 is 73.9. The van der Waals surface area contributed by atoms with Crippen molar-refractivity contribution in [3.8, 4) is 11.5 Å². The third kappa shape index (κ3) is 7.66. The Balaban J connectivity index is 1.83. The first-order valence-electron chi connectivity index (χ1n) is 11.2. The molecule has 0 spiro atoms. The van der Waals surface area contributed by atoms with Gasteiger partial charge >= 0.3 is 23.2 Å². The van der Waals surface area contributed by atoms with E-state index in [0.717, 1.165) is 31.4 Å². The second-order valence-corrected chi connectivity index (χ2v) is 11.1. The van der Waals surface area contributed by atoms with Gasteiger partial charge in [-0.05, 0) is 59.7 Å². The SMILES string of the molecule is O=C(Oc1ccc([N+](=O)[O-])c(C(=O)OCC(F)(F)S(=O)(=O)[O-])c1)c1ccc(I)cc1OC(=O)C1CCCCC1. The summed E-state index contributed by atoms with van der Waals surface area (Å²) in [5, 5.41) is 6.31. The Morgan fingerprint density at radius 1 is 1.00 bits per heavy atom. The minimum Gasteiger partial charge on any atom is -0.743 e. The molecule has 12 nitrogen and oxygen atoms in total. The Morgan fingerprint density at radius 3 is 2.28 bits per heavy atom. The van der Waals surface area contributed by atoms with Gasteiger partial charge in [0.25, 0.3) is 5.69 Å². The Bertz CT molecular complexity index is 1410. The van der Waals surface area contributed by atoms with Gasteiger partial charge in [0.05, 0.1) is 10.8 Å². The number of benzene rings is 2. The summed E-state index contributed by atoms with van der Waals surface area (Å²) in [6, 6.07) is 6.57. The molecule has 210 valence electrons. The lowest BCUT2D eigenvalue weighted by Gasteiger charge is -2.20. The summed E-state index contributed by atoms with van der Waals surface area (Å²) in [6.07, 6.45) is 4.05. The Labute approximate surface area is 233 Å². The van der Waals surface area contributed by atoms with Crippen molar-refractivity contribution in [3.05, 3.63) is 61.2 Å². The maximum atomic E-state index is 13.4. The number of alkyl halides is 2. The van der Waals surface area contributed by atoms with Crippen molar-refractivity contribution < 1.29 is 55.3 Å². The van der Waals surface area contributed by atoms with E-state index in [1.165, 1.54) is 18.2 Å². The predicted octanol–water partition coefficient (Wildman–Crippen LogP) is 4.20. The number of nitro groups is 1. The normalized spacial score (nSPS) is 14.4. The van der Waals surface area contributed by atoms with E-state index in [1.807, 2.05) is 22.6 Å². The zero-order chi connectivity index (χ0) is 29.0. The number of hydrogen-bond acceptors (Lipinski definition) is 11. The van der Waals surface area contributed by atoms with Crippen LogP contribution >= 0.6 is 22.6 Å². The second-order valence-electron chi connectivity index (χ2n) is 8.39. The minimum absolute atomic E-state index is 0.0925. The highest BCUT2D eigenvalue weighted by atomic mass is 127. The molecule has 0 unspecified atom stereocenters. The van der Waals surface area contributed by atoms with E-state index < -0.39 is 61.8 Å². The number of halogens is 3. The fourth-order valence-electron chi connectivity index (χ4n) is 3.64. The van der Waals surface area contributed by atoms with Crippen molar-refractivity contribution in [2.45, 2.75) is 37.4 Å². The standard InChI is InChI=1S/C23H20F2INO11S/c24-23(25,39(33,34)35)12-36-21(29)17-11-15(7-9-18(17)27(31)32)37-22(30)16-8-6-14(26)10-19(16)38-20(28)13-4-2-1-3-5-13/h6-11,13H,1-5,12H2,(H,33,34,35)/p-1. The Kier molecular flexibility index (Phi) is 9.55. The smallest absolute Gasteiger partial charge is 0.367 e. The van der Waals surface area contributed by atoms with E-state index in [-0.39, 0.29) is 17.2 Å². The maximum absolute atomic E-state index is 13.4. The molecule has 16 heteroatoms. The first kappa shape index (κ1) is 30.3. The van der Waals surface area contributed by atoms with Crippen LogP contribution in [0.5, 0.6) is 11.5 Å². The topological polar surface area (TPSA) is 179 Å². The summed E-state index contributed by atoms with van der Waals surface area (Å²) in [6.45, 7) is -2.20. The molecule has 1 saturated carbocycles. The molecule has 0 aliphatic heterocycles. The van der Waals surface area contributed by atoms with Crippen molar-refractivity contribution in [1.29, 1.82) is 0 Å². The molecular weight excluding hydrogens is 663 g/mol. The summed E-state index contributed by atoms with van der Waals surface area (Å²) in [5.41, 5.74) is -2.08. The van der Waals surface area contributed by atoms with Crippen LogP contribution in [0.3, 0.4) is 0 Å². The quantitative estimate of drug-likeness (QED) is 0.0924. The molecular formula is C23H19F2INO11S-. The van der Waals surface area contributed by atoms with Crippen LogP contribution in [0.1, 0.15) is 52.8 Å². The fourth-order valence-corrected chi connectivity index (χ4v) is 4.31. The largest absolute Gasteiger partial charge is 0.743 e. The van der Waals surface area contributed by atoms with Gasteiger partial charge in [0, 0.05) is 15.7 Å². The van der Waals surface area contributed by atoms with Gasteiger partial charge in [-0.1, -0.05) is 19.3 Å². The number of ether oxygens (including phenoxy) is 3. The molecule has 0 atom stereocenters. The molecule has 0 saturated heterocycles. The first-order chi connectivity index (χ1) is 18.2. The number of nitro benzene ring substituents is 1. The van der Waals surface area contributed by atoms with Gasteiger partial charge < -0.3 is 18.8 Å². The van der Waals surface area contributed by atoms with Gasteiger partial charge in [-0.3, -0.25) is 14.9 Å². The second kappa shape index (κ2) is 12.3. The van der Waals surface area contributed by atoms with Crippen molar-refractivity contribution >= 4 is 56.3 Å². The maximum Gasteiger partial charge on any atom is 0.367 e. The van der Waals surface area contributed by atoms with Gasteiger partial charge in [0.15, 0.2) is 16.7 Å². The predicted molar refractivity (Wildman–Crippen MR) is 134 cm³/mol. The van der Waals surface area contributed by atoms with Crippen molar-refractivity contribution in [3.63, 3.8) is 0 Å². The van der Waals surface area contributed by atoms with E-state index in [2.05, 4.69) is 4.74 Å².